The Morgan fingerprint density at radius 3 is 2.55 bits per heavy atom. The fourth-order valence-corrected chi connectivity index (χ4v) is 3.25. The molecule has 0 saturated heterocycles. The van der Waals surface area contributed by atoms with Crippen LogP contribution >= 0.6 is 0 Å². The van der Waals surface area contributed by atoms with E-state index < -0.39 is 11.4 Å². The molecule has 0 aromatic heterocycles. The highest BCUT2D eigenvalue weighted by molar-refractivity contribution is 5.69. The average molecular weight is 411 g/mol. The van der Waals surface area contributed by atoms with Crippen LogP contribution in [0, 0.1) is 0 Å². The molecule has 0 aromatic rings. The number of carbonyl (C=O) groups excluding carboxylic acids is 1. The van der Waals surface area contributed by atoms with Gasteiger partial charge in [0.2, 0.25) is 0 Å². The molecular weight excluding hydrogens is 372 g/mol. The predicted molar refractivity (Wildman–Crippen MR) is 112 cm³/mol. The zero-order valence-electron chi connectivity index (χ0n) is 18.8. The van der Waals surface area contributed by atoms with Gasteiger partial charge in [0.05, 0.1) is 31.5 Å². The molecule has 0 spiro atoms. The second kappa shape index (κ2) is 12.9. The molecule has 166 valence electrons. The van der Waals surface area contributed by atoms with Gasteiger partial charge in [-0.2, -0.15) is 0 Å². The van der Waals surface area contributed by atoms with E-state index in [1.807, 2.05) is 40.7 Å². The third-order valence-corrected chi connectivity index (χ3v) is 4.78. The molecule has 1 aliphatic rings. The molecule has 3 unspecified atom stereocenters. The standard InChI is InChI=1S/C23H38O6/c1-7-19(25-8-2)13-17-23(6,27-10-4)28-18-20-12-11-15-22(5,29-20)16-14-21(24)26-9-3/h11,15,20H,1,8-10,12-14,16-18H2,2-6H3. The average Bonchev–Trinajstić information content (AvgIpc) is 2.69. The van der Waals surface area contributed by atoms with Crippen LogP contribution in [-0.2, 0) is 28.5 Å². The Balaban J connectivity index is 2.60. The summed E-state index contributed by atoms with van der Waals surface area (Å²) >= 11 is 0. The van der Waals surface area contributed by atoms with Gasteiger partial charge in [-0.15, -0.1) is 0 Å². The van der Waals surface area contributed by atoms with Crippen LogP contribution in [0.2, 0.25) is 0 Å². The number of carbonyl (C=O) groups is 1. The molecule has 0 fully saturated rings. The molecule has 0 aliphatic carbocycles. The van der Waals surface area contributed by atoms with Crippen molar-refractivity contribution >= 4 is 5.97 Å². The normalized spacial score (nSPS) is 23.1. The predicted octanol–water partition coefficient (Wildman–Crippen LogP) is 4.69. The number of ether oxygens (including phenoxy) is 5. The maximum atomic E-state index is 11.7. The van der Waals surface area contributed by atoms with Gasteiger partial charge in [-0.3, -0.25) is 4.79 Å². The van der Waals surface area contributed by atoms with Crippen molar-refractivity contribution in [2.75, 3.05) is 26.4 Å². The van der Waals surface area contributed by atoms with Crippen molar-refractivity contribution in [1.82, 2.24) is 0 Å². The summed E-state index contributed by atoms with van der Waals surface area (Å²) in [7, 11) is 0. The SMILES string of the molecule is C=C=C(CCC(C)(OCC)OCC1CC=CC(C)(CCC(=O)OCC)O1)OCC. The molecule has 6 heteroatoms. The van der Waals surface area contributed by atoms with Gasteiger partial charge in [0.25, 0.3) is 0 Å². The van der Waals surface area contributed by atoms with Gasteiger partial charge in [0, 0.05) is 25.9 Å². The van der Waals surface area contributed by atoms with Crippen LogP contribution in [0.25, 0.3) is 0 Å². The first-order chi connectivity index (χ1) is 13.8. The number of allylic oxidation sites excluding steroid dienone is 1. The molecule has 1 aliphatic heterocycles. The molecule has 0 aromatic carbocycles. The molecule has 0 bridgehead atoms. The number of rotatable bonds is 14. The van der Waals surface area contributed by atoms with E-state index in [9.17, 15) is 4.79 Å². The maximum absolute atomic E-state index is 11.7. The third-order valence-electron chi connectivity index (χ3n) is 4.78. The largest absolute Gasteiger partial charge is 0.490 e. The second-order valence-corrected chi connectivity index (χ2v) is 7.41. The van der Waals surface area contributed by atoms with E-state index in [4.69, 9.17) is 23.7 Å². The minimum absolute atomic E-state index is 0.103. The third kappa shape index (κ3) is 9.64. The summed E-state index contributed by atoms with van der Waals surface area (Å²) in [6.07, 6.45) is 6.93. The van der Waals surface area contributed by atoms with Crippen molar-refractivity contribution in [3.05, 3.63) is 30.2 Å². The van der Waals surface area contributed by atoms with Crippen molar-refractivity contribution < 1.29 is 28.5 Å². The molecule has 1 heterocycles. The van der Waals surface area contributed by atoms with E-state index in [0.717, 1.165) is 6.42 Å². The molecule has 6 nitrogen and oxygen atoms in total. The molecule has 0 N–H and O–H groups in total. The summed E-state index contributed by atoms with van der Waals surface area (Å²) in [6.45, 7) is 15.2. The molecule has 29 heavy (non-hydrogen) atoms. The van der Waals surface area contributed by atoms with Crippen molar-refractivity contribution in [1.29, 1.82) is 0 Å². The van der Waals surface area contributed by atoms with Crippen molar-refractivity contribution in [3.8, 4) is 0 Å². The smallest absolute Gasteiger partial charge is 0.305 e. The summed E-state index contributed by atoms with van der Waals surface area (Å²) in [5.41, 5.74) is 2.32. The Morgan fingerprint density at radius 1 is 1.21 bits per heavy atom. The number of hydrogen-bond acceptors (Lipinski definition) is 6. The van der Waals surface area contributed by atoms with Crippen LogP contribution in [-0.4, -0.2) is 49.9 Å². The zero-order chi connectivity index (χ0) is 21.8. The lowest BCUT2D eigenvalue weighted by Gasteiger charge is -2.37. The summed E-state index contributed by atoms with van der Waals surface area (Å²) in [6, 6.07) is 0. The van der Waals surface area contributed by atoms with Crippen LogP contribution in [0.1, 0.15) is 66.7 Å². The highest BCUT2D eigenvalue weighted by Crippen LogP contribution is 2.29. The Morgan fingerprint density at radius 2 is 1.93 bits per heavy atom. The number of esters is 1. The Hall–Kier alpha value is -1.59. The quantitative estimate of drug-likeness (QED) is 0.136. The molecule has 3 atom stereocenters. The molecule has 0 radical (unpaired) electrons. The first-order valence-corrected chi connectivity index (χ1v) is 10.6. The van der Waals surface area contributed by atoms with Crippen LogP contribution in [0.4, 0.5) is 0 Å². The number of hydrogen-bond donors (Lipinski definition) is 0. The lowest BCUT2D eigenvalue weighted by Crippen LogP contribution is -2.41. The monoisotopic (exact) mass is 410 g/mol. The lowest BCUT2D eigenvalue weighted by atomic mass is 9.95. The van der Waals surface area contributed by atoms with Gasteiger partial charge in [-0.05, 0) is 47.5 Å². The first-order valence-electron chi connectivity index (χ1n) is 10.6. The van der Waals surface area contributed by atoms with Crippen LogP contribution in [0.15, 0.2) is 30.2 Å². The minimum atomic E-state index is -0.750. The van der Waals surface area contributed by atoms with Crippen molar-refractivity contribution in [2.45, 2.75) is 84.2 Å². The lowest BCUT2D eigenvalue weighted by molar-refractivity contribution is -0.245. The Labute approximate surface area is 175 Å². The molecule has 1 rings (SSSR count). The minimum Gasteiger partial charge on any atom is -0.490 e. The second-order valence-electron chi connectivity index (χ2n) is 7.41. The Kier molecular flexibility index (Phi) is 11.3. The fourth-order valence-electron chi connectivity index (χ4n) is 3.25. The van der Waals surface area contributed by atoms with Gasteiger partial charge < -0.3 is 23.7 Å². The summed E-state index contributed by atoms with van der Waals surface area (Å²) in [4.78, 5) is 11.7. The first kappa shape index (κ1) is 25.4. The van der Waals surface area contributed by atoms with Crippen LogP contribution < -0.4 is 0 Å². The van der Waals surface area contributed by atoms with Gasteiger partial charge in [-0.1, -0.05) is 24.5 Å². The fraction of sp³-hybridized carbons (Fsp3) is 0.739. The molecule has 0 saturated carbocycles. The summed E-state index contributed by atoms with van der Waals surface area (Å²) in [5.74, 6) is -0.237. The topological polar surface area (TPSA) is 63.2 Å². The van der Waals surface area contributed by atoms with Crippen molar-refractivity contribution in [3.63, 3.8) is 0 Å². The van der Waals surface area contributed by atoms with E-state index >= 15 is 0 Å². The summed E-state index contributed by atoms with van der Waals surface area (Å²) in [5, 5.41) is 0. The van der Waals surface area contributed by atoms with Gasteiger partial charge in [0.15, 0.2) is 5.79 Å². The van der Waals surface area contributed by atoms with Crippen LogP contribution in [0.5, 0.6) is 0 Å². The van der Waals surface area contributed by atoms with E-state index in [0.29, 0.717) is 57.9 Å². The molecule has 0 amide bonds. The summed E-state index contributed by atoms with van der Waals surface area (Å²) < 4.78 is 28.8. The van der Waals surface area contributed by atoms with Crippen molar-refractivity contribution in [2.24, 2.45) is 0 Å². The van der Waals surface area contributed by atoms with E-state index in [1.165, 1.54) is 0 Å². The Bertz CT molecular complexity index is 580. The highest BCUT2D eigenvalue weighted by Gasteiger charge is 2.33. The van der Waals surface area contributed by atoms with Gasteiger partial charge in [-0.25, -0.2) is 0 Å². The highest BCUT2D eigenvalue weighted by atomic mass is 16.7. The van der Waals surface area contributed by atoms with E-state index in [-0.39, 0.29) is 12.1 Å². The van der Waals surface area contributed by atoms with Gasteiger partial charge >= 0.3 is 5.97 Å². The molecular formula is C23H38O6. The zero-order valence-corrected chi connectivity index (χ0v) is 18.8. The van der Waals surface area contributed by atoms with Gasteiger partial charge in [0.1, 0.15) is 5.76 Å². The van der Waals surface area contributed by atoms with E-state index in [2.05, 4.69) is 18.4 Å². The van der Waals surface area contributed by atoms with Crippen LogP contribution in [0.3, 0.4) is 0 Å². The maximum Gasteiger partial charge on any atom is 0.305 e. The van der Waals surface area contributed by atoms with E-state index in [1.54, 1.807) is 0 Å².